The van der Waals surface area contributed by atoms with E-state index in [1.807, 2.05) is 17.8 Å². The average molecular weight is 143 g/mol. The molecule has 0 aliphatic carbocycles. The summed E-state index contributed by atoms with van der Waals surface area (Å²) in [4.78, 5) is 10.5. The summed E-state index contributed by atoms with van der Waals surface area (Å²) in [6.07, 6.45) is 2.76. The van der Waals surface area contributed by atoms with E-state index in [1.54, 1.807) is 0 Å². The van der Waals surface area contributed by atoms with Crippen molar-refractivity contribution in [2.24, 2.45) is 5.73 Å². The maximum absolute atomic E-state index is 10.5. The Kier molecular flexibility index (Phi) is 2.16. The highest BCUT2D eigenvalue weighted by Crippen LogP contribution is 2.15. The van der Waals surface area contributed by atoms with Gasteiger partial charge in [-0.3, -0.25) is 4.79 Å². The quantitative estimate of drug-likeness (QED) is 0.582. The summed E-state index contributed by atoms with van der Waals surface area (Å²) >= 11 is 1.83. The second-order valence-electron chi connectivity index (χ2n) is 1.92. The van der Waals surface area contributed by atoms with Crippen molar-refractivity contribution in [3.8, 4) is 0 Å². The van der Waals surface area contributed by atoms with Crippen molar-refractivity contribution >= 4 is 17.7 Å². The number of rotatable bonds is 1. The fourth-order valence-corrected chi connectivity index (χ4v) is 1.60. The standard InChI is InChI=1S/C6H9NOS/c7-6(8)5-1-3-9-4-2-5/h1H,2-4H2,(H2,7,8). The summed E-state index contributed by atoms with van der Waals surface area (Å²) in [5.41, 5.74) is 5.85. The zero-order chi connectivity index (χ0) is 6.69. The first-order chi connectivity index (χ1) is 4.30. The van der Waals surface area contributed by atoms with Crippen LogP contribution in [0.2, 0.25) is 0 Å². The van der Waals surface area contributed by atoms with Crippen LogP contribution in [0.3, 0.4) is 0 Å². The lowest BCUT2D eigenvalue weighted by atomic mass is 10.2. The minimum absolute atomic E-state index is 0.254. The van der Waals surface area contributed by atoms with E-state index in [1.165, 1.54) is 0 Å². The molecule has 1 heterocycles. The number of amides is 1. The predicted molar refractivity (Wildman–Crippen MR) is 39.2 cm³/mol. The zero-order valence-corrected chi connectivity index (χ0v) is 5.91. The Balaban J connectivity index is 2.57. The first-order valence-corrected chi connectivity index (χ1v) is 4.03. The molecule has 0 saturated carbocycles. The second kappa shape index (κ2) is 2.92. The van der Waals surface area contributed by atoms with Gasteiger partial charge in [0.05, 0.1) is 0 Å². The number of carbonyl (C=O) groups excluding carboxylic acids is 1. The normalized spacial score (nSPS) is 18.9. The minimum atomic E-state index is -0.254. The number of primary amides is 1. The molecule has 9 heavy (non-hydrogen) atoms. The molecular weight excluding hydrogens is 134 g/mol. The zero-order valence-electron chi connectivity index (χ0n) is 5.09. The highest BCUT2D eigenvalue weighted by Gasteiger charge is 2.07. The van der Waals surface area contributed by atoms with E-state index < -0.39 is 0 Å². The van der Waals surface area contributed by atoms with Crippen LogP contribution >= 0.6 is 11.8 Å². The van der Waals surface area contributed by atoms with Gasteiger partial charge in [0.2, 0.25) is 5.91 Å². The molecule has 0 fully saturated rings. The predicted octanol–water partition coefficient (Wildman–Crippen LogP) is 0.535. The maximum Gasteiger partial charge on any atom is 0.244 e. The van der Waals surface area contributed by atoms with Crippen molar-refractivity contribution in [1.29, 1.82) is 0 Å². The van der Waals surface area contributed by atoms with Gasteiger partial charge in [0.25, 0.3) is 0 Å². The lowest BCUT2D eigenvalue weighted by Crippen LogP contribution is -2.16. The van der Waals surface area contributed by atoms with Crippen LogP contribution in [0, 0.1) is 0 Å². The van der Waals surface area contributed by atoms with Crippen molar-refractivity contribution < 1.29 is 4.79 Å². The summed E-state index contributed by atoms with van der Waals surface area (Å²) in [5, 5.41) is 0. The van der Waals surface area contributed by atoms with Gasteiger partial charge in [-0.05, 0) is 12.2 Å². The third-order valence-electron chi connectivity index (χ3n) is 1.28. The molecule has 1 rings (SSSR count). The van der Waals surface area contributed by atoms with E-state index in [0.717, 1.165) is 23.5 Å². The second-order valence-corrected chi connectivity index (χ2v) is 3.07. The molecule has 3 heteroatoms. The van der Waals surface area contributed by atoms with Gasteiger partial charge >= 0.3 is 0 Å². The van der Waals surface area contributed by atoms with E-state index in [-0.39, 0.29) is 5.91 Å². The Hall–Kier alpha value is -0.440. The molecule has 1 amide bonds. The summed E-state index contributed by atoms with van der Waals surface area (Å²) in [6, 6.07) is 0. The van der Waals surface area contributed by atoms with Crippen molar-refractivity contribution in [3.63, 3.8) is 0 Å². The molecule has 0 bridgehead atoms. The summed E-state index contributed by atoms with van der Waals surface area (Å²) in [5.74, 6) is 1.72. The molecule has 0 unspecified atom stereocenters. The molecule has 0 spiro atoms. The molecule has 0 radical (unpaired) electrons. The Labute approximate surface area is 58.5 Å². The van der Waals surface area contributed by atoms with Gasteiger partial charge in [-0.25, -0.2) is 0 Å². The molecule has 0 aromatic heterocycles. The smallest absolute Gasteiger partial charge is 0.244 e. The number of carbonyl (C=O) groups is 1. The van der Waals surface area contributed by atoms with Crippen molar-refractivity contribution in [2.75, 3.05) is 11.5 Å². The fraction of sp³-hybridized carbons (Fsp3) is 0.500. The monoisotopic (exact) mass is 143 g/mol. The highest BCUT2D eigenvalue weighted by molar-refractivity contribution is 7.99. The first-order valence-electron chi connectivity index (χ1n) is 2.87. The topological polar surface area (TPSA) is 43.1 Å². The van der Waals surface area contributed by atoms with Crippen molar-refractivity contribution in [3.05, 3.63) is 11.6 Å². The van der Waals surface area contributed by atoms with Gasteiger partial charge in [0.15, 0.2) is 0 Å². The van der Waals surface area contributed by atoms with Gasteiger partial charge in [-0.15, -0.1) is 0 Å². The van der Waals surface area contributed by atoms with E-state index in [0.29, 0.717) is 0 Å². The van der Waals surface area contributed by atoms with E-state index in [9.17, 15) is 4.79 Å². The van der Waals surface area contributed by atoms with Crippen molar-refractivity contribution in [2.45, 2.75) is 6.42 Å². The molecule has 50 valence electrons. The SMILES string of the molecule is NC(=O)C1=CCSCC1. The summed E-state index contributed by atoms with van der Waals surface area (Å²) in [6.45, 7) is 0. The van der Waals surface area contributed by atoms with Crippen LogP contribution in [-0.4, -0.2) is 17.4 Å². The summed E-state index contributed by atoms with van der Waals surface area (Å²) < 4.78 is 0. The maximum atomic E-state index is 10.5. The van der Waals surface area contributed by atoms with Crippen LogP contribution in [0.25, 0.3) is 0 Å². The Morgan fingerprint density at radius 2 is 2.56 bits per heavy atom. The molecule has 2 N–H and O–H groups in total. The van der Waals surface area contributed by atoms with Crippen molar-refractivity contribution in [1.82, 2.24) is 0 Å². The Morgan fingerprint density at radius 3 is 2.89 bits per heavy atom. The largest absolute Gasteiger partial charge is 0.366 e. The molecule has 0 saturated heterocycles. The Bertz CT molecular complexity index is 153. The van der Waals surface area contributed by atoms with Gasteiger partial charge in [0, 0.05) is 11.3 Å². The van der Waals surface area contributed by atoms with Crippen LogP contribution in [0.1, 0.15) is 6.42 Å². The molecule has 0 aromatic rings. The van der Waals surface area contributed by atoms with Gasteiger partial charge in [0.1, 0.15) is 0 Å². The number of nitrogens with two attached hydrogens (primary N) is 1. The van der Waals surface area contributed by atoms with Crippen LogP contribution in [0.15, 0.2) is 11.6 Å². The molecule has 2 nitrogen and oxygen atoms in total. The third kappa shape index (κ3) is 1.75. The number of hydrogen-bond acceptors (Lipinski definition) is 2. The molecular formula is C6H9NOS. The van der Waals surface area contributed by atoms with E-state index in [4.69, 9.17) is 5.73 Å². The minimum Gasteiger partial charge on any atom is -0.366 e. The van der Waals surface area contributed by atoms with Gasteiger partial charge in [-0.2, -0.15) is 11.8 Å². The van der Waals surface area contributed by atoms with Crippen LogP contribution in [0.4, 0.5) is 0 Å². The third-order valence-corrected chi connectivity index (χ3v) is 2.17. The number of hydrogen-bond donors (Lipinski definition) is 1. The highest BCUT2D eigenvalue weighted by atomic mass is 32.2. The fourth-order valence-electron chi connectivity index (χ4n) is 0.751. The molecule has 1 aliphatic rings. The molecule has 0 atom stereocenters. The number of thioether (sulfide) groups is 1. The lowest BCUT2D eigenvalue weighted by Gasteiger charge is -2.07. The van der Waals surface area contributed by atoms with E-state index >= 15 is 0 Å². The molecule has 0 aromatic carbocycles. The van der Waals surface area contributed by atoms with Crippen LogP contribution < -0.4 is 5.73 Å². The van der Waals surface area contributed by atoms with Crippen LogP contribution in [-0.2, 0) is 4.79 Å². The molecule has 1 aliphatic heterocycles. The Morgan fingerprint density at radius 1 is 1.78 bits per heavy atom. The van der Waals surface area contributed by atoms with Crippen LogP contribution in [0.5, 0.6) is 0 Å². The van der Waals surface area contributed by atoms with Gasteiger partial charge < -0.3 is 5.73 Å². The average Bonchev–Trinajstić information content (AvgIpc) is 1.90. The van der Waals surface area contributed by atoms with E-state index in [2.05, 4.69) is 0 Å². The first kappa shape index (κ1) is 6.68. The lowest BCUT2D eigenvalue weighted by molar-refractivity contribution is -0.114. The summed E-state index contributed by atoms with van der Waals surface area (Å²) in [7, 11) is 0. The van der Waals surface area contributed by atoms with Gasteiger partial charge in [-0.1, -0.05) is 6.08 Å².